The molecule has 0 unspecified atom stereocenters. The molecule has 6 nitrogen and oxygen atoms in total. The Morgan fingerprint density at radius 1 is 0.725 bits per heavy atom. The number of carbonyl (C=O) groups is 1. The Morgan fingerprint density at radius 2 is 1.27 bits per heavy atom. The third kappa shape index (κ3) is 12.8. The number of rotatable bonds is 9. The molecular weight excluding hydrogens is 504 g/mol. The molecule has 6 heteroatoms. The molecule has 0 bridgehead atoms. The molecule has 0 aliphatic carbocycles. The molecule has 1 aliphatic rings. The molecule has 0 saturated heterocycles. The van der Waals surface area contributed by atoms with Crippen LogP contribution < -0.4 is 0 Å². The highest BCUT2D eigenvalue weighted by Crippen LogP contribution is 2.23. The first-order chi connectivity index (χ1) is 19.7. The largest absolute Gasteiger partial charge is 0.460 e. The fourth-order valence-electron chi connectivity index (χ4n) is 5.01. The van der Waals surface area contributed by atoms with Crippen LogP contribution in [0.2, 0.25) is 0 Å². The molecule has 0 saturated carbocycles. The van der Waals surface area contributed by atoms with Crippen molar-refractivity contribution in [1.82, 2.24) is 0 Å². The van der Waals surface area contributed by atoms with Gasteiger partial charge < -0.3 is 23.7 Å². The van der Waals surface area contributed by atoms with E-state index in [4.69, 9.17) is 23.7 Å². The van der Waals surface area contributed by atoms with Crippen LogP contribution in [0.1, 0.15) is 82.3 Å². The maximum absolute atomic E-state index is 12.8. The van der Waals surface area contributed by atoms with Gasteiger partial charge in [-0.05, 0) is 43.4 Å². The minimum Gasteiger partial charge on any atom is -0.460 e. The number of hydrogen-bond donors (Lipinski definition) is 0. The molecule has 3 rings (SSSR count). The van der Waals surface area contributed by atoms with E-state index in [0.29, 0.717) is 13.2 Å². The van der Waals surface area contributed by atoms with Gasteiger partial charge in [0, 0.05) is 13.2 Å². The van der Waals surface area contributed by atoms with E-state index in [2.05, 4.69) is 0 Å². The van der Waals surface area contributed by atoms with Gasteiger partial charge in [-0.2, -0.15) is 0 Å². The lowest BCUT2D eigenvalue weighted by molar-refractivity contribution is -0.166. The summed E-state index contributed by atoms with van der Waals surface area (Å²) in [5.74, 6) is -0.363. The normalized spacial score (nSPS) is 24.9. The lowest BCUT2D eigenvalue weighted by atomic mass is 9.99. The van der Waals surface area contributed by atoms with Gasteiger partial charge in [-0.3, -0.25) is 0 Å². The summed E-state index contributed by atoms with van der Waals surface area (Å²) in [7, 11) is 1.63. The number of esters is 1. The second kappa shape index (κ2) is 19.5. The highest BCUT2D eigenvalue weighted by Gasteiger charge is 2.31. The smallest absolute Gasteiger partial charge is 0.330 e. The number of ether oxygens (including phenoxy) is 5. The molecule has 220 valence electrons. The van der Waals surface area contributed by atoms with Crippen LogP contribution in [0.15, 0.2) is 72.8 Å². The summed E-state index contributed by atoms with van der Waals surface area (Å²) in [6.07, 6.45) is 12.9. The Kier molecular flexibility index (Phi) is 15.6. The van der Waals surface area contributed by atoms with Gasteiger partial charge in [0.15, 0.2) is 0 Å². The van der Waals surface area contributed by atoms with Crippen molar-refractivity contribution >= 4 is 5.97 Å². The van der Waals surface area contributed by atoms with Crippen LogP contribution in [-0.4, -0.2) is 44.3 Å². The first-order valence-corrected chi connectivity index (χ1v) is 15.0. The summed E-state index contributed by atoms with van der Waals surface area (Å²) >= 11 is 0. The molecule has 40 heavy (non-hydrogen) atoms. The molecule has 2 aromatic rings. The minimum absolute atomic E-state index is 0.123. The molecule has 1 aliphatic heterocycles. The number of methoxy groups -OCH3 is 1. The summed E-state index contributed by atoms with van der Waals surface area (Å²) in [4.78, 5) is 12.8. The molecule has 0 amide bonds. The van der Waals surface area contributed by atoms with Crippen LogP contribution >= 0.6 is 0 Å². The molecule has 0 spiro atoms. The highest BCUT2D eigenvalue weighted by molar-refractivity contribution is 5.82. The van der Waals surface area contributed by atoms with Crippen LogP contribution in [0.25, 0.3) is 0 Å². The quantitative estimate of drug-likeness (QED) is 0.236. The fourth-order valence-corrected chi connectivity index (χ4v) is 5.01. The predicted molar refractivity (Wildman–Crippen MR) is 158 cm³/mol. The molecule has 0 radical (unpaired) electrons. The van der Waals surface area contributed by atoms with Gasteiger partial charge in [0.2, 0.25) is 0 Å². The van der Waals surface area contributed by atoms with E-state index in [1.165, 1.54) is 38.2 Å². The van der Waals surface area contributed by atoms with E-state index in [9.17, 15) is 4.79 Å². The fraction of sp³-hybridized carbons (Fsp3) is 0.559. The highest BCUT2D eigenvalue weighted by atomic mass is 16.7. The van der Waals surface area contributed by atoms with Crippen LogP contribution in [0.3, 0.4) is 0 Å². The van der Waals surface area contributed by atoms with Gasteiger partial charge in [-0.25, -0.2) is 4.79 Å². The second-order valence-electron chi connectivity index (χ2n) is 10.6. The summed E-state index contributed by atoms with van der Waals surface area (Å²) in [6.45, 7) is 2.90. The first-order valence-electron chi connectivity index (χ1n) is 15.0. The van der Waals surface area contributed by atoms with E-state index < -0.39 is 12.2 Å². The monoisotopic (exact) mass is 552 g/mol. The van der Waals surface area contributed by atoms with Crippen molar-refractivity contribution in [3.05, 3.63) is 83.9 Å². The summed E-state index contributed by atoms with van der Waals surface area (Å²) in [5, 5.41) is 0. The standard InChI is InChI=1S/C34H48O6/c1-28-17-11-7-5-3-4-6-8-16-22-31(39-27-36-2)34(38-26-30-20-14-10-15-21-30)32(23-24-33(35)40-28)37-25-29-18-12-9-13-19-29/h9-10,12-15,18-21,23-24,28,31-32,34H,3-8,11,16-17,22,25-27H2,1-2H3/b24-23+/t28-,31+,32+,34-/m0/s1. The molecule has 1 heterocycles. The molecule has 0 N–H and O–H groups in total. The van der Waals surface area contributed by atoms with Gasteiger partial charge >= 0.3 is 5.97 Å². The van der Waals surface area contributed by atoms with Gasteiger partial charge in [0.05, 0.1) is 25.4 Å². The van der Waals surface area contributed by atoms with Crippen molar-refractivity contribution in [2.24, 2.45) is 0 Å². The van der Waals surface area contributed by atoms with Gasteiger partial charge in [0.1, 0.15) is 19.0 Å². The SMILES string of the molecule is COCO[C@@H]1CCCCCCCCCC[C@H](C)OC(=O)/C=C/[C@@H](OCc2ccccc2)[C@H]1OCc1ccccc1. The lowest BCUT2D eigenvalue weighted by Gasteiger charge is -2.32. The van der Waals surface area contributed by atoms with Crippen molar-refractivity contribution in [2.45, 2.75) is 109 Å². The lowest BCUT2D eigenvalue weighted by Crippen LogP contribution is -2.42. The van der Waals surface area contributed by atoms with Crippen LogP contribution in [0, 0.1) is 0 Å². The number of hydrogen-bond acceptors (Lipinski definition) is 6. The Hall–Kier alpha value is -2.51. The Balaban J connectivity index is 1.86. The van der Waals surface area contributed by atoms with Gasteiger partial charge in [-0.1, -0.05) is 106 Å². The Morgan fingerprint density at radius 3 is 1.88 bits per heavy atom. The van der Waals surface area contributed by atoms with Crippen molar-refractivity contribution in [2.75, 3.05) is 13.9 Å². The van der Waals surface area contributed by atoms with Gasteiger partial charge in [0.25, 0.3) is 0 Å². The molecule has 0 aromatic heterocycles. The molecule has 4 atom stereocenters. The molecule has 0 fully saturated rings. The van der Waals surface area contributed by atoms with Crippen LogP contribution in [0.5, 0.6) is 0 Å². The van der Waals surface area contributed by atoms with Crippen molar-refractivity contribution in [1.29, 1.82) is 0 Å². The topological polar surface area (TPSA) is 63.2 Å². The maximum Gasteiger partial charge on any atom is 0.330 e. The zero-order chi connectivity index (χ0) is 28.3. The van der Waals surface area contributed by atoms with Crippen molar-refractivity contribution < 1.29 is 28.5 Å². The maximum atomic E-state index is 12.8. The van der Waals surface area contributed by atoms with E-state index in [1.54, 1.807) is 13.2 Å². The van der Waals surface area contributed by atoms with E-state index >= 15 is 0 Å². The zero-order valence-corrected chi connectivity index (χ0v) is 24.4. The molecule has 2 aromatic carbocycles. The summed E-state index contributed by atoms with van der Waals surface area (Å²) in [6, 6.07) is 20.1. The third-order valence-electron chi connectivity index (χ3n) is 7.25. The second-order valence-corrected chi connectivity index (χ2v) is 10.6. The third-order valence-corrected chi connectivity index (χ3v) is 7.25. The minimum atomic E-state index is -0.535. The average Bonchev–Trinajstić information content (AvgIpc) is 2.97. The molecular formula is C34H48O6. The Labute approximate surface area is 241 Å². The number of cyclic esters (lactones) is 1. The van der Waals surface area contributed by atoms with Crippen molar-refractivity contribution in [3.63, 3.8) is 0 Å². The van der Waals surface area contributed by atoms with Crippen LogP contribution in [0.4, 0.5) is 0 Å². The first kappa shape index (κ1) is 32.0. The van der Waals surface area contributed by atoms with E-state index in [0.717, 1.165) is 43.2 Å². The number of carbonyl (C=O) groups excluding carboxylic acids is 1. The van der Waals surface area contributed by atoms with E-state index in [-0.39, 0.29) is 25.0 Å². The zero-order valence-electron chi connectivity index (χ0n) is 24.4. The summed E-state index contributed by atoms with van der Waals surface area (Å²) < 4.78 is 30.2. The summed E-state index contributed by atoms with van der Waals surface area (Å²) in [5.41, 5.74) is 2.11. The average molecular weight is 553 g/mol. The number of benzene rings is 2. The van der Waals surface area contributed by atoms with Crippen LogP contribution in [-0.2, 0) is 41.7 Å². The predicted octanol–water partition coefficient (Wildman–Crippen LogP) is 7.55. The Bertz CT molecular complexity index is 947. The van der Waals surface area contributed by atoms with Gasteiger partial charge in [-0.15, -0.1) is 0 Å². The van der Waals surface area contributed by atoms with E-state index in [1.807, 2.05) is 67.6 Å². The van der Waals surface area contributed by atoms with Crippen molar-refractivity contribution in [3.8, 4) is 0 Å².